The first-order chi connectivity index (χ1) is 12.1. The summed E-state index contributed by atoms with van der Waals surface area (Å²) < 4.78 is 1.95. The van der Waals surface area contributed by atoms with E-state index in [0.29, 0.717) is 5.95 Å². The highest BCUT2D eigenvalue weighted by Crippen LogP contribution is 2.38. The van der Waals surface area contributed by atoms with Crippen LogP contribution in [-0.2, 0) is 4.79 Å². The Morgan fingerprint density at radius 2 is 1.88 bits per heavy atom. The van der Waals surface area contributed by atoms with Crippen LogP contribution in [-0.4, -0.2) is 29.6 Å². The van der Waals surface area contributed by atoms with Crippen LogP contribution >= 0.6 is 0 Å². The normalized spacial score (nSPS) is 19.2. The molecular formula is C19H17N5O. The average molecular weight is 331 g/mol. The van der Waals surface area contributed by atoms with Gasteiger partial charge < -0.3 is 9.47 Å². The van der Waals surface area contributed by atoms with Crippen molar-refractivity contribution in [3.05, 3.63) is 54.1 Å². The molecule has 0 fully saturated rings. The molecule has 0 unspecified atom stereocenters. The van der Waals surface area contributed by atoms with Gasteiger partial charge in [-0.1, -0.05) is 24.3 Å². The fourth-order valence-corrected chi connectivity index (χ4v) is 3.34. The molecule has 0 bridgehead atoms. The summed E-state index contributed by atoms with van der Waals surface area (Å²) in [6, 6.07) is 17.4. The van der Waals surface area contributed by atoms with Crippen molar-refractivity contribution in [2.24, 2.45) is 5.92 Å². The van der Waals surface area contributed by atoms with E-state index < -0.39 is 12.0 Å². The van der Waals surface area contributed by atoms with Gasteiger partial charge in [-0.15, -0.1) is 0 Å². The smallest absolute Gasteiger partial charge is 0.246 e. The highest BCUT2D eigenvalue weighted by Gasteiger charge is 2.38. The van der Waals surface area contributed by atoms with Crippen LogP contribution in [0.2, 0.25) is 0 Å². The number of rotatable bonds is 2. The Balaban J connectivity index is 1.93. The second-order valence-corrected chi connectivity index (χ2v) is 6.32. The molecule has 0 saturated heterocycles. The molecule has 1 aromatic heterocycles. The summed E-state index contributed by atoms with van der Waals surface area (Å²) in [5.41, 5.74) is 3.68. The zero-order chi connectivity index (χ0) is 17.6. The van der Waals surface area contributed by atoms with E-state index in [9.17, 15) is 10.1 Å². The summed E-state index contributed by atoms with van der Waals surface area (Å²) in [4.78, 5) is 18.9. The minimum Gasteiger partial charge on any atom is -0.378 e. The maximum Gasteiger partial charge on any atom is 0.246 e. The topological polar surface area (TPSA) is 74.0 Å². The number of carbonyl (C=O) groups excluding carboxylic acids is 1. The third-order valence-electron chi connectivity index (χ3n) is 4.60. The molecule has 0 saturated carbocycles. The first kappa shape index (κ1) is 15.2. The summed E-state index contributed by atoms with van der Waals surface area (Å²) in [6.07, 6.45) is 0. The van der Waals surface area contributed by atoms with E-state index >= 15 is 0 Å². The van der Waals surface area contributed by atoms with Crippen LogP contribution in [0.1, 0.15) is 11.6 Å². The number of anilines is 2. The summed E-state index contributed by atoms with van der Waals surface area (Å²) in [5, 5.41) is 12.4. The highest BCUT2D eigenvalue weighted by molar-refractivity contribution is 5.97. The van der Waals surface area contributed by atoms with Gasteiger partial charge in [-0.25, -0.2) is 4.98 Å². The van der Waals surface area contributed by atoms with Crippen LogP contribution in [0.15, 0.2) is 48.5 Å². The number of nitrogens with one attached hydrogen (secondary N) is 1. The van der Waals surface area contributed by atoms with Crippen LogP contribution < -0.4 is 10.2 Å². The third-order valence-corrected chi connectivity index (χ3v) is 4.60. The number of para-hydroxylation sites is 2. The zero-order valence-electron chi connectivity index (χ0n) is 14.0. The van der Waals surface area contributed by atoms with Gasteiger partial charge in [0, 0.05) is 19.8 Å². The number of nitrogens with zero attached hydrogens (tertiary/aromatic N) is 4. The summed E-state index contributed by atoms with van der Waals surface area (Å²) >= 11 is 0. The lowest BCUT2D eigenvalue weighted by molar-refractivity contribution is -0.119. The standard InChI is InChI=1S/C19H17N5O/c1-23(2)13-9-7-12(8-10-13)17-14(11-20)18(25)22-19-21-15-5-3-4-6-16(15)24(17)19/h3-10,14,17H,1-2H3,(H,21,22,25)/t14-,17-/m1/s1. The molecule has 2 atom stereocenters. The Morgan fingerprint density at radius 3 is 2.56 bits per heavy atom. The number of amides is 1. The molecule has 0 aliphatic carbocycles. The van der Waals surface area contributed by atoms with E-state index in [1.807, 2.05) is 72.1 Å². The van der Waals surface area contributed by atoms with Crippen molar-refractivity contribution in [3.8, 4) is 6.07 Å². The molecule has 1 aliphatic heterocycles. The van der Waals surface area contributed by atoms with Crippen LogP contribution in [0.3, 0.4) is 0 Å². The predicted molar refractivity (Wildman–Crippen MR) is 96.4 cm³/mol. The second kappa shape index (κ2) is 5.64. The molecule has 2 heterocycles. The van der Waals surface area contributed by atoms with Gasteiger partial charge in [0.2, 0.25) is 11.9 Å². The molecule has 4 rings (SSSR count). The molecule has 124 valence electrons. The predicted octanol–water partition coefficient (Wildman–Crippen LogP) is 2.78. The molecule has 6 heteroatoms. The molecule has 1 amide bonds. The van der Waals surface area contributed by atoms with Crippen molar-refractivity contribution in [1.82, 2.24) is 9.55 Å². The number of fused-ring (bicyclic) bond motifs is 3. The Labute approximate surface area is 145 Å². The number of benzene rings is 2. The van der Waals surface area contributed by atoms with Gasteiger partial charge >= 0.3 is 0 Å². The molecule has 0 radical (unpaired) electrons. The van der Waals surface area contributed by atoms with Crippen LogP contribution in [0, 0.1) is 17.2 Å². The lowest BCUT2D eigenvalue weighted by Gasteiger charge is -2.30. The van der Waals surface area contributed by atoms with Crippen LogP contribution in [0.4, 0.5) is 11.6 Å². The summed E-state index contributed by atoms with van der Waals surface area (Å²) in [5.74, 6) is -0.637. The minimum absolute atomic E-state index is 0.313. The fourth-order valence-electron chi connectivity index (χ4n) is 3.34. The number of hydrogen-bond donors (Lipinski definition) is 1. The minimum atomic E-state index is -0.810. The van der Waals surface area contributed by atoms with Crippen LogP contribution in [0.25, 0.3) is 11.0 Å². The Kier molecular flexibility index (Phi) is 3.43. The van der Waals surface area contributed by atoms with Crippen molar-refractivity contribution in [3.63, 3.8) is 0 Å². The van der Waals surface area contributed by atoms with E-state index in [1.165, 1.54) is 0 Å². The lowest BCUT2D eigenvalue weighted by Crippen LogP contribution is -2.37. The molecule has 2 aromatic carbocycles. The van der Waals surface area contributed by atoms with Crippen LogP contribution in [0.5, 0.6) is 0 Å². The number of hydrogen-bond acceptors (Lipinski definition) is 4. The first-order valence-electron chi connectivity index (χ1n) is 8.05. The number of nitriles is 1. The molecule has 25 heavy (non-hydrogen) atoms. The molecule has 6 nitrogen and oxygen atoms in total. The maximum absolute atomic E-state index is 12.4. The Bertz CT molecular complexity index is 997. The van der Waals surface area contributed by atoms with Crippen molar-refractivity contribution in [1.29, 1.82) is 5.26 Å². The van der Waals surface area contributed by atoms with Gasteiger partial charge in [0.1, 0.15) is 0 Å². The summed E-state index contributed by atoms with van der Waals surface area (Å²) in [6.45, 7) is 0. The molecular weight excluding hydrogens is 314 g/mol. The van der Waals surface area contributed by atoms with Crippen molar-refractivity contribution in [2.75, 3.05) is 24.3 Å². The Morgan fingerprint density at radius 1 is 1.16 bits per heavy atom. The van der Waals surface area contributed by atoms with E-state index in [2.05, 4.69) is 16.4 Å². The third kappa shape index (κ3) is 2.32. The largest absolute Gasteiger partial charge is 0.378 e. The number of carbonyl (C=O) groups is 1. The van der Waals surface area contributed by atoms with Gasteiger partial charge in [-0.3, -0.25) is 10.1 Å². The number of imidazole rings is 1. The van der Waals surface area contributed by atoms with Gasteiger partial charge in [0.15, 0.2) is 5.92 Å². The van der Waals surface area contributed by atoms with E-state index in [4.69, 9.17) is 0 Å². The molecule has 0 spiro atoms. The van der Waals surface area contributed by atoms with E-state index in [1.54, 1.807) is 0 Å². The number of aromatic nitrogens is 2. The van der Waals surface area contributed by atoms with Crippen molar-refractivity contribution >= 4 is 28.6 Å². The van der Waals surface area contributed by atoms with Gasteiger partial charge in [-0.2, -0.15) is 5.26 Å². The maximum atomic E-state index is 12.4. The molecule has 1 aliphatic rings. The fraction of sp³-hybridized carbons (Fsp3) is 0.211. The SMILES string of the molecule is CN(C)c1ccc([C@@H]2[C@@H](C#N)C(=O)Nc3nc4ccccc4n32)cc1. The second-order valence-electron chi connectivity index (χ2n) is 6.32. The van der Waals surface area contributed by atoms with Crippen molar-refractivity contribution in [2.45, 2.75) is 6.04 Å². The average Bonchev–Trinajstić information content (AvgIpc) is 2.98. The summed E-state index contributed by atoms with van der Waals surface area (Å²) in [7, 11) is 3.95. The van der Waals surface area contributed by atoms with E-state index in [0.717, 1.165) is 22.3 Å². The van der Waals surface area contributed by atoms with Gasteiger partial charge in [0.05, 0.1) is 23.1 Å². The van der Waals surface area contributed by atoms with Crippen molar-refractivity contribution < 1.29 is 4.79 Å². The zero-order valence-corrected chi connectivity index (χ0v) is 14.0. The van der Waals surface area contributed by atoms with Gasteiger partial charge in [-0.05, 0) is 29.8 Å². The van der Waals surface area contributed by atoms with E-state index in [-0.39, 0.29) is 5.91 Å². The molecule has 1 N–H and O–H groups in total. The quantitative estimate of drug-likeness (QED) is 0.783. The Hall–Kier alpha value is -3.33. The lowest BCUT2D eigenvalue weighted by atomic mass is 9.91. The molecule has 3 aromatic rings. The monoisotopic (exact) mass is 331 g/mol. The first-order valence-corrected chi connectivity index (χ1v) is 8.05. The highest BCUT2D eigenvalue weighted by atomic mass is 16.2. The van der Waals surface area contributed by atoms with Gasteiger partial charge in [0.25, 0.3) is 0 Å².